The fourth-order valence-electron chi connectivity index (χ4n) is 5.11. The largest absolute Gasteiger partial charge is 0.871 e. The molecular formula is C30H20N2O2S2. The molecule has 0 atom stereocenters. The zero-order valence-electron chi connectivity index (χ0n) is 19.6. The van der Waals surface area contributed by atoms with E-state index in [9.17, 15) is 9.90 Å². The maximum atomic E-state index is 13.1. The van der Waals surface area contributed by atoms with Crippen molar-refractivity contribution in [3.05, 3.63) is 106 Å². The Morgan fingerprint density at radius 1 is 0.889 bits per heavy atom. The second kappa shape index (κ2) is 7.82. The number of nitrogens with zero attached hydrogens (tertiary/aromatic N) is 2. The van der Waals surface area contributed by atoms with Gasteiger partial charge in [-0.25, -0.2) is 0 Å². The summed E-state index contributed by atoms with van der Waals surface area (Å²) in [6.45, 7) is 0. The number of carbonyl (C=O) groups excluding carboxylic acids is 1. The molecule has 0 fully saturated rings. The zero-order chi connectivity index (χ0) is 24.6. The smallest absolute Gasteiger partial charge is 0.263 e. The van der Waals surface area contributed by atoms with Gasteiger partial charge in [0.05, 0.1) is 16.1 Å². The second-order valence-electron chi connectivity index (χ2n) is 9.04. The van der Waals surface area contributed by atoms with Crippen molar-refractivity contribution in [2.45, 2.75) is 4.90 Å². The van der Waals surface area contributed by atoms with Crippen LogP contribution in [0.5, 0.6) is 0 Å². The van der Waals surface area contributed by atoms with Crippen LogP contribution in [0.25, 0.3) is 37.8 Å². The second-order valence-corrected chi connectivity index (χ2v) is 11.2. The van der Waals surface area contributed by atoms with E-state index in [0.29, 0.717) is 0 Å². The van der Waals surface area contributed by atoms with Crippen molar-refractivity contribution in [1.82, 2.24) is 0 Å². The summed E-state index contributed by atoms with van der Waals surface area (Å²) in [5, 5.41) is 19.5. The molecule has 1 aliphatic carbocycles. The van der Waals surface area contributed by atoms with Crippen molar-refractivity contribution in [2.75, 3.05) is 11.9 Å². The highest BCUT2D eigenvalue weighted by Gasteiger charge is 2.31. The Hall–Kier alpha value is -3.87. The van der Waals surface area contributed by atoms with Crippen molar-refractivity contribution in [3.63, 3.8) is 0 Å². The number of aryl methyl sites for hydroxylation is 1. The molecule has 36 heavy (non-hydrogen) atoms. The summed E-state index contributed by atoms with van der Waals surface area (Å²) in [6.07, 6.45) is 3.50. The van der Waals surface area contributed by atoms with Crippen molar-refractivity contribution in [2.24, 2.45) is 7.05 Å². The summed E-state index contributed by atoms with van der Waals surface area (Å²) >= 11 is 3.19. The van der Waals surface area contributed by atoms with E-state index in [1.165, 1.54) is 10.8 Å². The number of thiazole rings is 1. The number of allylic oxidation sites excluding steroid dienone is 3. The first-order valence-electron chi connectivity index (χ1n) is 11.6. The summed E-state index contributed by atoms with van der Waals surface area (Å²) in [5.41, 5.74) is 2.73. The standard InChI is InChI=1S/C30H20N2O2S2/c1-31-25(35-23-13-11-17-7-3-5-9-19(17)27(23)31)15-21-29(33)22(30(21)34)16-26-32(2)28-20-10-6-4-8-18(20)12-14-24(28)36-26/h3-16H,1-2H3. The van der Waals surface area contributed by atoms with Crippen molar-refractivity contribution in [1.29, 1.82) is 0 Å². The van der Waals surface area contributed by atoms with Crippen molar-refractivity contribution in [3.8, 4) is 0 Å². The van der Waals surface area contributed by atoms with Crippen LogP contribution in [-0.2, 0) is 11.8 Å². The number of Topliss-reactive ketones (excluding diaryl/α,β-unsaturated/α-hetero) is 1. The van der Waals surface area contributed by atoms with Crippen LogP contribution < -0.4 is 14.6 Å². The topological polar surface area (TPSA) is 47.2 Å². The van der Waals surface area contributed by atoms with Crippen molar-refractivity contribution >= 4 is 72.4 Å². The Labute approximate surface area is 216 Å². The Bertz CT molecular complexity index is 1880. The van der Waals surface area contributed by atoms with Gasteiger partial charge >= 0.3 is 0 Å². The zero-order valence-corrected chi connectivity index (χ0v) is 21.2. The Morgan fingerprint density at radius 3 is 2.36 bits per heavy atom. The highest BCUT2D eigenvalue weighted by Crippen LogP contribution is 2.49. The number of fused-ring (bicyclic) bond motifs is 6. The summed E-state index contributed by atoms with van der Waals surface area (Å²) in [6, 6.07) is 25.0. The third kappa shape index (κ3) is 3.01. The number of carbonyl (C=O) groups is 1. The molecule has 2 aliphatic rings. The summed E-state index contributed by atoms with van der Waals surface area (Å²) in [7, 11) is 3.98. The number of ketones is 1. The molecule has 0 saturated heterocycles. The average molecular weight is 505 g/mol. The van der Waals surface area contributed by atoms with E-state index in [1.807, 2.05) is 38.4 Å². The first kappa shape index (κ1) is 21.4. The van der Waals surface area contributed by atoms with Gasteiger partial charge in [0.2, 0.25) is 5.52 Å². The van der Waals surface area contributed by atoms with Gasteiger partial charge in [-0.05, 0) is 35.0 Å². The minimum absolute atomic E-state index is 0.190. The quantitative estimate of drug-likeness (QED) is 0.229. The molecule has 5 aromatic rings. The monoisotopic (exact) mass is 504 g/mol. The molecule has 0 spiro atoms. The molecule has 0 saturated carbocycles. The molecule has 6 heteroatoms. The van der Waals surface area contributed by atoms with E-state index in [0.717, 1.165) is 41.6 Å². The van der Waals surface area contributed by atoms with E-state index < -0.39 is 0 Å². The van der Waals surface area contributed by atoms with Gasteiger partial charge in [0.1, 0.15) is 11.7 Å². The van der Waals surface area contributed by atoms with Gasteiger partial charge < -0.3 is 10.0 Å². The first-order valence-corrected chi connectivity index (χ1v) is 13.3. The third-order valence-corrected chi connectivity index (χ3v) is 9.30. The number of rotatable bonds is 2. The minimum atomic E-state index is -0.190. The van der Waals surface area contributed by atoms with Crippen LogP contribution in [0.15, 0.2) is 106 Å². The fourth-order valence-corrected chi connectivity index (χ4v) is 7.33. The van der Waals surface area contributed by atoms with E-state index in [4.69, 9.17) is 0 Å². The molecule has 0 bridgehead atoms. The number of thioether (sulfide) groups is 1. The Balaban J connectivity index is 1.27. The highest BCUT2D eigenvalue weighted by molar-refractivity contribution is 8.03. The van der Waals surface area contributed by atoms with Gasteiger partial charge in [-0.1, -0.05) is 83.5 Å². The molecule has 1 aromatic heterocycles. The molecule has 2 heterocycles. The van der Waals surface area contributed by atoms with Gasteiger partial charge in [-0.2, -0.15) is 4.57 Å². The average Bonchev–Trinajstić information content (AvgIpc) is 3.41. The third-order valence-electron chi connectivity index (χ3n) is 7.00. The normalized spacial score (nSPS) is 17.7. The van der Waals surface area contributed by atoms with Crippen LogP contribution >= 0.6 is 23.1 Å². The van der Waals surface area contributed by atoms with Crippen LogP contribution in [0.2, 0.25) is 0 Å². The lowest BCUT2D eigenvalue weighted by molar-refractivity contribution is -0.641. The van der Waals surface area contributed by atoms with E-state index >= 15 is 0 Å². The van der Waals surface area contributed by atoms with Gasteiger partial charge in [-0.15, -0.1) is 0 Å². The summed E-state index contributed by atoms with van der Waals surface area (Å²) in [4.78, 5) is 16.3. The maximum Gasteiger partial charge on any atom is 0.263 e. The summed E-state index contributed by atoms with van der Waals surface area (Å²) < 4.78 is 3.21. The highest BCUT2D eigenvalue weighted by atomic mass is 32.2. The Morgan fingerprint density at radius 2 is 1.58 bits per heavy atom. The number of aromatic nitrogens is 1. The molecular weight excluding hydrogens is 484 g/mol. The van der Waals surface area contributed by atoms with Gasteiger partial charge in [0, 0.05) is 34.6 Å². The number of hydrogen-bond donors (Lipinski definition) is 0. The molecule has 0 amide bonds. The first-order chi connectivity index (χ1) is 17.5. The van der Waals surface area contributed by atoms with Crippen LogP contribution in [0.3, 0.4) is 0 Å². The molecule has 174 valence electrons. The number of benzene rings is 4. The van der Waals surface area contributed by atoms with E-state index in [2.05, 4.69) is 58.0 Å². The SMILES string of the molecule is CN1C(=CC2=C([O-])C(=Cc3sc4ccc5ccccc5c4[n+]3C)C2=O)Sc2ccc3ccccc3c21. The van der Waals surface area contributed by atoms with Gasteiger partial charge in [0.25, 0.3) is 5.01 Å². The molecule has 4 aromatic carbocycles. The van der Waals surface area contributed by atoms with Crippen LogP contribution in [-0.4, -0.2) is 12.8 Å². The molecule has 7 rings (SSSR count). The van der Waals surface area contributed by atoms with Gasteiger partial charge in [-0.3, -0.25) is 4.79 Å². The molecule has 0 radical (unpaired) electrons. The fraction of sp³-hybridized carbons (Fsp3) is 0.0667. The summed E-state index contributed by atoms with van der Waals surface area (Å²) in [5.74, 6) is -0.380. The number of anilines is 1. The van der Waals surface area contributed by atoms with Crippen LogP contribution in [0.1, 0.15) is 5.01 Å². The van der Waals surface area contributed by atoms with Crippen molar-refractivity contribution < 1.29 is 14.5 Å². The van der Waals surface area contributed by atoms with Crippen LogP contribution in [0, 0.1) is 0 Å². The van der Waals surface area contributed by atoms with Crippen LogP contribution in [0.4, 0.5) is 5.69 Å². The molecule has 4 nitrogen and oxygen atoms in total. The molecule has 0 N–H and O–H groups in total. The van der Waals surface area contributed by atoms with Gasteiger partial charge in [0.15, 0.2) is 5.78 Å². The lowest BCUT2D eigenvalue weighted by Crippen LogP contribution is -2.32. The molecule has 0 unspecified atom stereocenters. The van der Waals surface area contributed by atoms with E-state index in [-0.39, 0.29) is 22.7 Å². The molecule has 1 aliphatic heterocycles. The predicted molar refractivity (Wildman–Crippen MR) is 147 cm³/mol. The minimum Gasteiger partial charge on any atom is -0.871 e. The van der Waals surface area contributed by atoms with E-state index in [1.54, 1.807) is 35.3 Å². The number of hydrogen-bond acceptors (Lipinski definition) is 5. The lowest BCUT2D eigenvalue weighted by atomic mass is 9.88. The maximum absolute atomic E-state index is 13.1. The lowest BCUT2D eigenvalue weighted by Gasteiger charge is -2.29. The predicted octanol–water partition coefficient (Wildman–Crippen LogP) is 5.70. The Kier molecular flexibility index (Phi) is 4.65.